The van der Waals surface area contributed by atoms with Crippen LogP contribution >= 0.6 is 0 Å². The molecule has 1 N–H and O–H groups in total. The van der Waals surface area contributed by atoms with Gasteiger partial charge in [0.2, 0.25) is 11.8 Å². The van der Waals surface area contributed by atoms with Crippen molar-refractivity contribution < 1.29 is 9.59 Å². The third-order valence-electron chi connectivity index (χ3n) is 7.63. The van der Waals surface area contributed by atoms with E-state index in [0.717, 1.165) is 56.3 Å². The Hall–Kier alpha value is -1.92. The van der Waals surface area contributed by atoms with Crippen LogP contribution in [-0.2, 0) is 9.59 Å². The molecule has 0 unspecified atom stereocenters. The Morgan fingerprint density at radius 3 is 2.35 bits per heavy atom. The maximum absolute atomic E-state index is 13.0. The molecule has 1 saturated carbocycles. The fourth-order valence-electron chi connectivity index (χ4n) is 5.60. The van der Waals surface area contributed by atoms with Crippen LogP contribution in [0.4, 0.5) is 5.69 Å². The molecule has 6 heteroatoms. The summed E-state index contributed by atoms with van der Waals surface area (Å²) in [6.07, 6.45) is 7.57. The first-order chi connectivity index (χ1) is 15.0. The molecule has 2 atom stereocenters. The molecule has 6 nitrogen and oxygen atoms in total. The largest absolute Gasteiger partial charge is 0.338 e. The third-order valence-corrected chi connectivity index (χ3v) is 7.63. The van der Waals surface area contributed by atoms with Crippen LogP contribution in [0.5, 0.6) is 0 Å². The number of fused-ring (bicyclic) bond motifs is 1. The van der Waals surface area contributed by atoms with Crippen LogP contribution in [0.2, 0.25) is 0 Å². The second kappa shape index (κ2) is 10.1. The molecule has 2 heterocycles. The van der Waals surface area contributed by atoms with Gasteiger partial charge in [-0.05, 0) is 62.6 Å². The molecule has 0 bridgehead atoms. The van der Waals surface area contributed by atoms with E-state index in [1.807, 2.05) is 19.1 Å². The first-order valence-corrected chi connectivity index (χ1v) is 12.1. The van der Waals surface area contributed by atoms with Crippen LogP contribution in [0.1, 0.15) is 49.7 Å². The number of benzene rings is 1. The normalized spacial score (nSPS) is 25.2. The summed E-state index contributed by atoms with van der Waals surface area (Å²) in [6.45, 7) is 9.35. The van der Waals surface area contributed by atoms with Crippen molar-refractivity contribution in [2.45, 2.75) is 58.4 Å². The second-order valence-electron chi connectivity index (χ2n) is 9.69. The van der Waals surface area contributed by atoms with Gasteiger partial charge in [-0.2, -0.15) is 0 Å². The molecular formula is C25H38N4O2. The van der Waals surface area contributed by atoms with Gasteiger partial charge in [-0.15, -0.1) is 0 Å². The SMILES string of the molecule is Cc1cccc(NC(=O)CN2CCN(CC(=O)N3CCC[C@H]4CCCC[C@H]43)CC2)c1C. The monoisotopic (exact) mass is 426 g/mol. The fourth-order valence-corrected chi connectivity index (χ4v) is 5.60. The Morgan fingerprint density at radius 1 is 0.903 bits per heavy atom. The van der Waals surface area contributed by atoms with Crippen molar-refractivity contribution in [3.8, 4) is 0 Å². The second-order valence-corrected chi connectivity index (χ2v) is 9.69. The molecule has 3 fully saturated rings. The maximum Gasteiger partial charge on any atom is 0.238 e. The minimum absolute atomic E-state index is 0.0369. The predicted octanol–water partition coefficient (Wildman–Crippen LogP) is 3.04. The van der Waals surface area contributed by atoms with Crippen molar-refractivity contribution in [2.24, 2.45) is 5.92 Å². The lowest BCUT2D eigenvalue weighted by molar-refractivity contribution is -0.139. The first kappa shape index (κ1) is 22.3. The van der Waals surface area contributed by atoms with Crippen LogP contribution in [0.15, 0.2) is 18.2 Å². The standard InChI is InChI=1S/C25H38N4O2/c1-19-7-5-10-22(20(19)2)26-24(30)17-27-13-15-28(16-14-27)18-25(31)29-12-6-9-21-8-3-4-11-23(21)29/h5,7,10,21,23H,3-4,6,8-9,11-18H2,1-2H3,(H,26,30)/t21-,23-/m1/s1. The molecule has 1 aliphatic carbocycles. The summed E-state index contributed by atoms with van der Waals surface area (Å²) < 4.78 is 0. The highest BCUT2D eigenvalue weighted by atomic mass is 16.2. The number of aryl methyl sites for hydroxylation is 1. The van der Waals surface area contributed by atoms with E-state index in [1.165, 1.54) is 37.7 Å². The van der Waals surface area contributed by atoms with Crippen molar-refractivity contribution in [1.29, 1.82) is 0 Å². The van der Waals surface area contributed by atoms with Crippen LogP contribution in [-0.4, -0.2) is 78.4 Å². The fraction of sp³-hybridized carbons (Fsp3) is 0.680. The van der Waals surface area contributed by atoms with E-state index in [-0.39, 0.29) is 5.91 Å². The molecule has 31 heavy (non-hydrogen) atoms. The molecule has 0 aromatic heterocycles. The quantitative estimate of drug-likeness (QED) is 0.786. The number of likely N-dealkylation sites (tertiary alicyclic amines) is 1. The lowest BCUT2D eigenvalue weighted by atomic mass is 9.78. The van der Waals surface area contributed by atoms with E-state index in [2.05, 4.69) is 33.0 Å². The Kier molecular flexibility index (Phi) is 7.28. The number of hydrogen-bond acceptors (Lipinski definition) is 4. The van der Waals surface area contributed by atoms with Gasteiger partial charge in [0.25, 0.3) is 0 Å². The third kappa shape index (κ3) is 5.47. The number of carbonyl (C=O) groups excluding carboxylic acids is 2. The number of hydrogen-bond donors (Lipinski definition) is 1. The lowest BCUT2D eigenvalue weighted by Crippen LogP contribution is -2.55. The van der Waals surface area contributed by atoms with Crippen LogP contribution in [0, 0.1) is 19.8 Å². The molecule has 4 rings (SSSR count). The summed E-state index contributed by atoms with van der Waals surface area (Å²) >= 11 is 0. The highest BCUT2D eigenvalue weighted by Crippen LogP contribution is 2.35. The summed E-state index contributed by atoms with van der Waals surface area (Å²) in [7, 11) is 0. The van der Waals surface area contributed by atoms with Crippen LogP contribution < -0.4 is 5.32 Å². The van der Waals surface area contributed by atoms with Gasteiger partial charge in [-0.3, -0.25) is 19.4 Å². The molecule has 1 aromatic carbocycles. The number of amides is 2. The number of rotatable bonds is 5. The van der Waals surface area contributed by atoms with Gasteiger partial charge in [0.1, 0.15) is 0 Å². The van der Waals surface area contributed by atoms with Gasteiger partial charge >= 0.3 is 0 Å². The number of anilines is 1. The van der Waals surface area contributed by atoms with E-state index >= 15 is 0 Å². The van der Waals surface area contributed by atoms with E-state index in [4.69, 9.17) is 0 Å². The Bertz CT molecular complexity index is 786. The molecule has 1 aromatic rings. The van der Waals surface area contributed by atoms with Gasteiger partial charge in [0.15, 0.2) is 0 Å². The number of piperazine rings is 1. The predicted molar refractivity (Wildman–Crippen MR) is 124 cm³/mol. The van der Waals surface area contributed by atoms with Gasteiger partial charge < -0.3 is 10.2 Å². The number of piperidine rings is 1. The first-order valence-electron chi connectivity index (χ1n) is 12.1. The Labute approximate surface area is 187 Å². The van der Waals surface area contributed by atoms with E-state index < -0.39 is 0 Å². The van der Waals surface area contributed by atoms with E-state index in [0.29, 0.717) is 25.0 Å². The van der Waals surface area contributed by atoms with Crippen molar-refractivity contribution in [3.63, 3.8) is 0 Å². The van der Waals surface area contributed by atoms with Crippen LogP contribution in [0.3, 0.4) is 0 Å². The zero-order valence-electron chi connectivity index (χ0n) is 19.2. The van der Waals surface area contributed by atoms with E-state index in [1.54, 1.807) is 0 Å². The molecule has 0 spiro atoms. The average Bonchev–Trinajstić information content (AvgIpc) is 2.78. The maximum atomic E-state index is 13.0. The molecular weight excluding hydrogens is 388 g/mol. The Morgan fingerprint density at radius 2 is 1.58 bits per heavy atom. The highest BCUT2D eigenvalue weighted by Gasteiger charge is 2.36. The number of nitrogens with zero attached hydrogens (tertiary/aromatic N) is 3. The minimum Gasteiger partial charge on any atom is -0.338 e. The average molecular weight is 427 g/mol. The lowest BCUT2D eigenvalue weighted by Gasteiger charge is -2.45. The highest BCUT2D eigenvalue weighted by molar-refractivity contribution is 5.93. The summed E-state index contributed by atoms with van der Waals surface area (Å²) in [5.41, 5.74) is 3.21. The molecule has 3 aliphatic rings. The van der Waals surface area contributed by atoms with Gasteiger partial charge in [-0.1, -0.05) is 25.0 Å². The summed E-state index contributed by atoms with van der Waals surface area (Å²) in [4.78, 5) is 32.2. The van der Waals surface area contributed by atoms with E-state index in [9.17, 15) is 9.59 Å². The number of nitrogens with one attached hydrogen (secondary N) is 1. The molecule has 2 saturated heterocycles. The Balaban J connectivity index is 1.22. The molecule has 0 radical (unpaired) electrons. The van der Waals surface area contributed by atoms with Gasteiger partial charge in [0.05, 0.1) is 13.1 Å². The number of carbonyl (C=O) groups is 2. The minimum atomic E-state index is 0.0369. The zero-order chi connectivity index (χ0) is 21.8. The zero-order valence-corrected chi connectivity index (χ0v) is 19.2. The van der Waals surface area contributed by atoms with Gasteiger partial charge in [0, 0.05) is 44.5 Å². The molecule has 2 aliphatic heterocycles. The van der Waals surface area contributed by atoms with Gasteiger partial charge in [-0.25, -0.2) is 0 Å². The van der Waals surface area contributed by atoms with Crippen LogP contribution in [0.25, 0.3) is 0 Å². The summed E-state index contributed by atoms with van der Waals surface area (Å²) in [5, 5.41) is 3.06. The summed E-state index contributed by atoms with van der Waals surface area (Å²) in [6, 6.07) is 6.49. The topological polar surface area (TPSA) is 55.9 Å². The molecule has 2 amide bonds. The molecule has 170 valence electrons. The van der Waals surface area contributed by atoms with Crippen molar-refractivity contribution in [3.05, 3.63) is 29.3 Å². The van der Waals surface area contributed by atoms with Crippen molar-refractivity contribution >= 4 is 17.5 Å². The van der Waals surface area contributed by atoms with Crippen molar-refractivity contribution in [1.82, 2.24) is 14.7 Å². The smallest absolute Gasteiger partial charge is 0.238 e. The summed E-state index contributed by atoms with van der Waals surface area (Å²) in [5.74, 6) is 1.09. The van der Waals surface area contributed by atoms with Crippen molar-refractivity contribution in [2.75, 3.05) is 51.1 Å².